The van der Waals surface area contributed by atoms with Crippen LogP contribution in [0.1, 0.15) is 49.3 Å². The number of rotatable bonds is 3. The van der Waals surface area contributed by atoms with Crippen LogP contribution in [0.4, 0.5) is 0 Å². The van der Waals surface area contributed by atoms with Gasteiger partial charge in [0.2, 0.25) is 0 Å². The molecule has 7 heteroatoms. The van der Waals surface area contributed by atoms with E-state index in [4.69, 9.17) is 16.6 Å². The molecule has 1 N–H and O–H groups in total. The largest absolute Gasteiger partial charge is 0.390 e. The predicted octanol–water partition coefficient (Wildman–Crippen LogP) is 6.28. The van der Waals surface area contributed by atoms with Gasteiger partial charge in [-0.05, 0) is 91.7 Å². The van der Waals surface area contributed by atoms with Crippen molar-refractivity contribution in [3.63, 3.8) is 0 Å². The predicted molar refractivity (Wildman–Crippen MR) is 132 cm³/mol. The van der Waals surface area contributed by atoms with E-state index in [-0.39, 0.29) is 5.54 Å². The van der Waals surface area contributed by atoms with Gasteiger partial charge in [-0.3, -0.25) is 4.99 Å². The number of hydrogen-bond donors (Lipinski definition) is 1. The third-order valence-corrected chi connectivity index (χ3v) is 6.93. The van der Waals surface area contributed by atoms with Gasteiger partial charge in [0.1, 0.15) is 5.15 Å². The van der Waals surface area contributed by atoms with Crippen molar-refractivity contribution in [1.82, 2.24) is 9.61 Å². The van der Waals surface area contributed by atoms with E-state index in [0.29, 0.717) is 5.15 Å². The Hall–Kier alpha value is -1.99. The summed E-state index contributed by atoms with van der Waals surface area (Å²) < 4.78 is 1.73. The molecule has 0 fully saturated rings. The lowest BCUT2D eigenvalue weighted by Crippen LogP contribution is -2.28. The van der Waals surface area contributed by atoms with Crippen molar-refractivity contribution in [1.29, 1.82) is 0 Å². The molecule has 0 atom stereocenters. The first-order valence-corrected chi connectivity index (χ1v) is 12.4. The van der Waals surface area contributed by atoms with Gasteiger partial charge < -0.3 is 5.11 Å². The fourth-order valence-corrected chi connectivity index (χ4v) is 5.53. The zero-order valence-corrected chi connectivity index (χ0v) is 20.5. The van der Waals surface area contributed by atoms with E-state index in [0.717, 1.165) is 29.6 Å². The van der Waals surface area contributed by atoms with Gasteiger partial charge in [0.15, 0.2) is 0 Å². The number of nitrogens with zero attached hydrogens (tertiary/aromatic N) is 3. The summed E-state index contributed by atoms with van der Waals surface area (Å²) >= 11 is 9.51. The van der Waals surface area contributed by atoms with Crippen molar-refractivity contribution in [2.75, 3.05) is 0 Å². The summed E-state index contributed by atoms with van der Waals surface area (Å²) in [5, 5.41) is 20.7. The van der Waals surface area contributed by atoms with Crippen molar-refractivity contribution in [2.24, 2.45) is 4.99 Å². The maximum atomic E-state index is 9.39. The molecular formula is C24H26ClN3OS2. The van der Waals surface area contributed by atoms with Crippen LogP contribution in [-0.2, 0) is 12.8 Å². The van der Waals surface area contributed by atoms with Crippen molar-refractivity contribution >= 4 is 45.5 Å². The Morgan fingerprint density at radius 2 is 2.00 bits per heavy atom. The highest BCUT2D eigenvalue weighted by Gasteiger charge is 2.28. The van der Waals surface area contributed by atoms with Gasteiger partial charge in [0.25, 0.3) is 0 Å². The normalized spacial score (nSPS) is 15.2. The first kappa shape index (κ1) is 22.2. The molecule has 0 spiro atoms. The number of fused-ring (bicyclic) bond motifs is 2. The fraction of sp³-hybridized carbons (Fsp3) is 0.333. The molecule has 0 unspecified atom stereocenters. The first-order valence-electron chi connectivity index (χ1n) is 10.2. The molecule has 0 bridgehead atoms. The lowest BCUT2D eigenvalue weighted by atomic mass is 9.90. The van der Waals surface area contributed by atoms with Crippen LogP contribution in [0.3, 0.4) is 0 Å². The zero-order valence-electron chi connectivity index (χ0n) is 18.1. The maximum absolute atomic E-state index is 9.39. The highest BCUT2D eigenvalue weighted by Crippen LogP contribution is 2.32. The highest BCUT2D eigenvalue weighted by molar-refractivity contribution is 7.12. The lowest BCUT2D eigenvalue weighted by Gasteiger charge is -2.27. The summed E-state index contributed by atoms with van der Waals surface area (Å²) in [6.45, 7) is 8.00. The topological polar surface area (TPSA) is 49.9 Å². The van der Waals surface area contributed by atoms with Gasteiger partial charge in [-0.15, -0.1) is 11.3 Å². The molecule has 0 aromatic carbocycles. The molecule has 162 valence electrons. The number of aromatic nitrogens is 2. The number of aliphatic hydroxyl groups is 1. The number of hydrogen-bond acceptors (Lipinski definition) is 5. The molecule has 0 radical (unpaired) electrons. The zero-order chi connectivity index (χ0) is 22.2. The second-order valence-corrected chi connectivity index (χ2v) is 11.2. The number of halogens is 1. The molecule has 0 aliphatic carbocycles. The van der Waals surface area contributed by atoms with Crippen LogP contribution >= 0.6 is 34.3 Å². The average molecular weight is 472 g/mol. The summed E-state index contributed by atoms with van der Waals surface area (Å²) in [5.74, 6) is 0. The molecule has 0 amide bonds. The molecule has 0 saturated heterocycles. The van der Waals surface area contributed by atoms with E-state index in [1.54, 1.807) is 27.2 Å². The summed E-state index contributed by atoms with van der Waals surface area (Å²) in [4.78, 5) is 6.22. The molecule has 1 aliphatic heterocycles. The van der Waals surface area contributed by atoms with E-state index in [9.17, 15) is 5.11 Å². The summed E-state index contributed by atoms with van der Waals surface area (Å²) in [7, 11) is 0. The van der Waals surface area contributed by atoms with E-state index in [2.05, 4.69) is 41.8 Å². The molecule has 5 heterocycles. The Balaban J connectivity index is 0.000000196. The third kappa shape index (κ3) is 5.26. The summed E-state index contributed by atoms with van der Waals surface area (Å²) in [6, 6.07) is 10.2. The second-order valence-electron chi connectivity index (χ2n) is 9.08. The van der Waals surface area contributed by atoms with Gasteiger partial charge in [-0.2, -0.15) is 16.4 Å². The van der Waals surface area contributed by atoms with Gasteiger partial charge in [0.05, 0.1) is 33.4 Å². The minimum Gasteiger partial charge on any atom is -0.390 e. The van der Waals surface area contributed by atoms with Crippen molar-refractivity contribution < 1.29 is 5.11 Å². The monoisotopic (exact) mass is 471 g/mol. The standard InChI is InChI=1S/C16H14ClN3S.C8H12OS/c1-16(2)8-10-5-6-21-15(10)14(19-16)11-7-12-3-4-13(17)20(12)18-9-11;1-8(2,9)5-7-3-4-10-6-7/h3-7,9H,8H2,1-2H3;3-4,6,9H,5H2,1-2H3. The SMILES string of the molecule is CC(C)(O)Cc1ccsc1.CC1(C)Cc2ccsc2C(c2cnn3c(Cl)ccc3c2)=N1. The molecule has 0 saturated carbocycles. The van der Waals surface area contributed by atoms with Crippen LogP contribution in [0.5, 0.6) is 0 Å². The molecule has 31 heavy (non-hydrogen) atoms. The van der Waals surface area contributed by atoms with Crippen molar-refractivity contribution in [2.45, 2.75) is 51.7 Å². The van der Waals surface area contributed by atoms with Crippen LogP contribution in [0.15, 0.2) is 57.7 Å². The molecule has 1 aliphatic rings. The molecule has 5 rings (SSSR count). The maximum Gasteiger partial charge on any atom is 0.131 e. The van der Waals surface area contributed by atoms with Crippen LogP contribution in [0.25, 0.3) is 5.52 Å². The van der Waals surface area contributed by atoms with Crippen molar-refractivity contribution in [3.8, 4) is 0 Å². The molecule has 4 aromatic heterocycles. The Labute approximate surface area is 195 Å². The highest BCUT2D eigenvalue weighted by atomic mass is 35.5. The smallest absolute Gasteiger partial charge is 0.131 e. The second kappa shape index (κ2) is 8.51. The van der Waals surface area contributed by atoms with Crippen LogP contribution in [0.2, 0.25) is 5.15 Å². The third-order valence-electron chi connectivity index (χ3n) is 4.94. The van der Waals surface area contributed by atoms with Crippen molar-refractivity contribution in [3.05, 3.63) is 79.4 Å². The molecule has 4 nitrogen and oxygen atoms in total. The fourth-order valence-electron chi connectivity index (χ4n) is 3.73. The van der Waals surface area contributed by atoms with Crippen LogP contribution in [0, 0.1) is 0 Å². The van der Waals surface area contributed by atoms with Crippen LogP contribution in [-0.4, -0.2) is 31.6 Å². The quantitative estimate of drug-likeness (QED) is 0.382. The van der Waals surface area contributed by atoms with E-state index < -0.39 is 5.60 Å². The Morgan fingerprint density at radius 3 is 2.71 bits per heavy atom. The Kier molecular flexibility index (Phi) is 6.10. The summed E-state index contributed by atoms with van der Waals surface area (Å²) in [5.41, 5.74) is 5.04. The summed E-state index contributed by atoms with van der Waals surface area (Å²) in [6.07, 6.45) is 3.58. The average Bonchev–Trinajstić information content (AvgIpc) is 3.41. The first-order chi connectivity index (χ1) is 14.6. The van der Waals surface area contributed by atoms with E-state index in [1.165, 1.54) is 16.0 Å². The Bertz CT molecular complexity index is 1210. The van der Waals surface area contributed by atoms with E-state index in [1.807, 2.05) is 43.6 Å². The minimum atomic E-state index is -0.568. The van der Waals surface area contributed by atoms with Gasteiger partial charge in [-0.1, -0.05) is 11.6 Å². The number of aliphatic imine (C=N–C) groups is 1. The van der Waals surface area contributed by atoms with Gasteiger partial charge in [0, 0.05) is 12.0 Å². The minimum absolute atomic E-state index is 0.0742. The van der Waals surface area contributed by atoms with Gasteiger partial charge in [-0.25, -0.2) is 4.52 Å². The molecule has 4 aromatic rings. The lowest BCUT2D eigenvalue weighted by molar-refractivity contribution is 0.0811. The number of thiophene rings is 2. The Morgan fingerprint density at radius 1 is 1.19 bits per heavy atom. The van der Waals surface area contributed by atoms with E-state index >= 15 is 0 Å². The van der Waals surface area contributed by atoms with Crippen LogP contribution < -0.4 is 0 Å². The molecular weight excluding hydrogens is 446 g/mol. The van der Waals surface area contributed by atoms with Gasteiger partial charge >= 0.3 is 0 Å².